The molecule has 1 saturated heterocycles. The van der Waals surface area contributed by atoms with Crippen molar-refractivity contribution in [1.82, 2.24) is 4.90 Å². The van der Waals surface area contributed by atoms with E-state index in [1.807, 2.05) is 0 Å². The van der Waals surface area contributed by atoms with Gasteiger partial charge in [0.25, 0.3) is 11.5 Å². The Kier molecular flexibility index (Phi) is 5.42. The second-order valence-electron chi connectivity index (χ2n) is 7.03. The molecule has 1 N–H and O–H groups in total. The predicted molar refractivity (Wildman–Crippen MR) is 92.8 cm³/mol. The standard InChI is InChI=1S/C20H26NO4/c1-25-19(23)20(24,18(22)21-13-7-8-14-21)17-12-6-5-11-16(17)15-9-3-2-4-10-15/h5-6,12,15,24H,2-4,7-10,13-14H2,1H3. The number of rotatable bonds is 4. The van der Waals surface area contributed by atoms with E-state index in [2.05, 4.69) is 6.07 Å². The van der Waals surface area contributed by atoms with Crippen LogP contribution in [0.3, 0.4) is 0 Å². The minimum atomic E-state index is -2.29. The predicted octanol–water partition coefficient (Wildman–Crippen LogP) is 2.52. The van der Waals surface area contributed by atoms with E-state index in [1.165, 1.54) is 13.5 Å². The normalized spacial score (nSPS) is 21.0. The molecule has 25 heavy (non-hydrogen) atoms. The topological polar surface area (TPSA) is 66.8 Å². The second-order valence-corrected chi connectivity index (χ2v) is 7.03. The summed E-state index contributed by atoms with van der Waals surface area (Å²) in [6, 6.07) is 8.37. The maximum atomic E-state index is 13.1. The summed E-state index contributed by atoms with van der Waals surface area (Å²) >= 11 is 0. The van der Waals surface area contributed by atoms with Crippen LogP contribution in [-0.2, 0) is 19.9 Å². The summed E-state index contributed by atoms with van der Waals surface area (Å²) in [5.41, 5.74) is -1.17. The van der Waals surface area contributed by atoms with Gasteiger partial charge in [0.2, 0.25) is 0 Å². The molecule has 1 atom stereocenters. The van der Waals surface area contributed by atoms with E-state index in [-0.39, 0.29) is 5.92 Å². The zero-order valence-electron chi connectivity index (χ0n) is 14.8. The third kappa shape index (κ3) is 3.30. The number of benzene rings is 1. The first-order valence-corrected chi connectivity index (χ1v) is 9.20. The van der Waals surface area contributed by atoms with Gasteiger partial charge in [-0.15, -0.1) is 0 Å². The molecule has 1 unspecified atom stereocenters. The fraction of sp³-hybridized carbons (Fsp3) is 0.600. The smallest absolute Gasteiger partial charge is 0.352 e. The number of amides is 1. The van der Waals surface area contributed by atoms with Crippen LogP contribution < -0.4 is 0 Å². The van der Waals surface area contributed by atoms with E-state index in [0.29, 0.717) is 18.7 Å². The van der Waals surface area contributed by atoms with E-state index in [4.69, 9.17) is 4.74 Å². The van der Waals surface area contributed by atoms with Gasteiger partial charge in [-0.3, -0.25) is 4.79 Å². The Labute approximate surface area is 149 Å². The number of likely N-dealkylation sites (tertiary alicyclic amines) is 1. The Morgan fingerprint density at radius 3 is 2.52 bits per heavy atom. The summed E-state index contributed by atoms with van der Waals surface area (Å²) in [5, 5.41) is 11.3. The van der Waals surface area contributed by atoms with Gasteiger partial charge in [0.05, 0.1) is 7.11 Å². The fourth-order valence-electron chi connectivity index (χ4n) is 4.10. The summed E-state index contributed by atoms with van der Waals surface area (Å²) in [7, 11) is 1.21. The molecule has 5 nitrogen and oxygen atoms in total. The number of ether oxygens (including phenoxy) is 1. The highest BCUT2D eigenvalue weighted by Crippen LogP contribution is 2.39. The van der Waals surface area contributed by atoms with Gasteiger partial charge in [0.1, 0.15) is 0 Å². The molecule has 3 rings (SSSR count). The van der Waals surface area contributed by atoms with Crippen molar-refractivity contribution in [2.75, 3.05) is 20.2 Å². The highest BCUT2D eigenvalue weighted by molar-refractivity contribution is 6.07. The van der Waals surface area contributed by atoms with Gasteiger partial charge in [0.15, 0.2) is 0 Å². The maximum Gasteiger partial charge on any atom is 0.352 e. The summed E-state index contributed by atoms with van der Waals surface area (Å²) in [5.74, 6) is -1.28. The van der Waals surface area contributed by atoms with Crippen LogP contribution in [0, 0.1) is 6.07 Å². The molecule has 5 heteroatoms. The number of methoxy groups -OCH3 is 1. The van der Waals surface area contributed by atoms with Crippen molar-refractivity contribution in [2.24, 2.45) is 0 Å². The Balaban J connectivity index is 2.04. The van der Waals surface area contributed by atoms with E-state index in [1.54, 1.807) is 23.1 Å². The summed E-state index contributed by atoms with van der Waals surface area (Å²) in [6.07, 6.45) is 7.18. The molecule has 1 saturated carbocycles. The highest BCUT2D eigenvalue weighted by Gasteiger charge is 2.51. The number of nitrogens with zero attached hydrogens (tertiary/aromatic N) is 1. The third-order valence-corrected chi connectivity index (χ3v) is 5.47. The quantitative estimate of drug-likeness (QED) is 0.673. The van der Waals surface area contributed by atoms with Gasteiger partial charge in [-0.25, -0.2) is 4.79 Å². The van der Waals surface area contributed by atoms with E-state index < -0.39 is 17.5 Å². The largest absolute Gasteiger partial charge is 0.466 e. The van der Waals surface area contributed by atoms with Gasteiger partial charge >= 0.3 is 5.97 Å². The van der Waals surface area contributed by atoms with Crippen LogP contribution in [-0.4, -0.2) is 42.1 Å². The third-order valence-electron chi connectivity index (χ3n) is 5.47. The van der Waals surface area contributed by atoms with Crippen molar-refractivity contribution in [2.45, 2.75) is 56.5 Å². The SMILES string of the molecule is COC(=O)C(O)(C(=O)N1CCCC1)c1ccc[c]c1C1CCCCC1. The second kappa shape index (κ2) is 7.56. The lowest BCUT2D eigenvalue weighted by Gasteiger charge is -2.33. The number of esters is 1. The van der Waals surface area contributed by atoms with Crippen molar-refractivity contribution < 1.29 is 19.4 Å². The number of hydrogen-bond acceptors (Lipinski definition) is 4. The number of hydrogen-bond donors (Lipinski definition) is 1. The zero-order chi connectivity index (χ0) is 17.9. The lowest BCUT2D eigenvalue weighted by atomic mass is 9.77. The molecule has 1 heterocycles. The molecular weight excluding hydrogens is 318 g/mol. The zero-order valence-corrected chi connectivity index (χ0v) is 14.8. The monoisotopic (exact) mass is 344 g/mol. The minimum Gasteiger partial charge on any atom is -0.466 e. The first-order valence-electron chi connectivity index (χ1n) is 9.20. The Morgan fingerprint density at radius 1 is 1.20 bits per heavy atom. The molecular formula is C20H26NO4. The van der Waals surface area contributed by atoms with Crippen LogP contribution in [0.2, 0.25) is 0 Å². The Morgan fingerprint density at radius 2 is 1.88 bits per heavy atom. The van der Waals surface area contributed by atoms with Crippen molar-refractivity contribution in [3.05, 3.63) is 35.4 Å². The van der Waals surface area contributed by atoms with Crippen molar-refractivity contribution in [3.8, 4) is 0 Å². The summed E-state index contributed by atoms with van der Waals surface area (Å²) < 4.78 is 4.84. The van der Waals surface area contributed by atoms with Crippen LogP contribution >= 0.6 is 0 Å². The van der Waals surface area contributed by atoms with Crippen LogP contribution in [0.15, 0.2) is 18.2 Å². The van der Waals surface area contributed by atoms with Gasteiger partial charge in [-0.1, -0.05) is 37.5 Å². The molecule has 1 aromatic carbocycles. The van der Waals surface area contributed by atoms with E-state index >= 15 is 0 Å². The molecule has 0 bridgehead atoms. The van der Waals surface area contributed by atoms with Crippen molar-refractivity contribution >= 4 is 11.9 Å². The average Bonchev–Trinajstić information content (AvgIpc) is 3.21. The highest BCUT2D eigenvalue weighted by atomic mass is 16.5. The Hall–Kier alpha value is -1.88. The van der Waals surface area contributed by atoms with E-state index in [0.717, 1.165) is 44.1 Å². The van der Waals surface area contributed by atoms with Crippen LogP contribution in [0.5, 0.6) is 0 Å². The van der Waals surface area contributed by atoms with Crippen molar-refractivity contribution in [1.29, 1.82) is 0 Å². The van der Waals surface area contributed by atoms with Gasteiger partial charge in [-0.05, 0) is 43.2 Å². The molecule has 2 fully saturated rings. The minimum absolute atomic E-state index is 0.215. The van der Waals surface area contributed by atoms with E-state index in [9.17, 15) is 14.7 Å². The lowest BCUT2D eigenvalue weighted by molar-refractivity contribution is -0.175. The molecule has 1 radical (unpaired) electrons. The lowest BCUT2D eigenvalue weighted by Crippen LogP contribution is -2.52. The first kappa shape index (κ1) is 17.9. The maximum absolute atomic E-state index is 13.1. The fourth-order valence-corrected chi connectivity index (χ4v) is 4.10. The van der Waals surface area contributed by atoms with Crippen LogP contribution in [0.4, 0.5) is 0 Å². The average molecular weight is 344 g/mol. The number of aliphatic hydroxyl groups is 1. The number of carbonyl (C=O) groups is 2. The van der Waals surface area contributed by atoms with Gasteiger partial charge in [-0.2, -0.15) is 0 Å². The first-order chi connectivity index (χ1) is 12.1. The summed E-state index contributed by atoms with van der Waals surface area (Å²) in [4.78, 5) is 27.2. The van der Waals surface area contributed by atoms with Gasteiger partial charge < -0.3 is 14.7 Å². The molecule has 1 amide bonds. The van der Waals surface area contributed by atoms with Crippen LogP contribution in [0.25, 0.3) is 0 Å². The molecule has 135 valence electrons. The summed E-state index contributed by atoms with van der Waals surface area (Å²) in [6.45, 7) is 1.13. The Bertz CT molecular complexity index is 632. The molecule has 1 aliphatic carbocycles. The molecule has 0 aromatic heterocycles. The van der Waals surface area contributed by atoms with Crippen LogP contribution in [0.1, 0.15) is 62.0 Å². The molecule has 2 aliphatic rings. The molecule has 0 spiro atoms. The molecule has 1 aromatic rings. The number of carbonyl (C=O) groups excluding carboxylic acids is 2. The van der Waals surface area contributed by atoms with Gasteiger partial charge in [0, 0.05) is 18.7 Å². The van der Waals surface area contributed by atoms with Crippen molar-refractivity contribution in [3.63, 3.8) is 0 Å². The molecule has 1 aliphatic heterocycles.